The third-order valence-electron chi connectivity index (χ3n) is 4.27. The minimum atomic E-state index is 0.112. The summed E-state index contributed by atoms with van der Waals surface area (Å²) in [5.74, 6) is 1.33. The van der Waals surface area contributed by atoms with E-state index in [1.54, 1.807) is 0 Å². The van der Waals surface area contributed by atoms with E-state index >= 15 is 0 Å². The van der Waals surface area contributed by atoms with Crippen molar-refractivity contribution in [3.63, 3.8) is 0 Å². The molecule has 7 nitrogen and oxygen atoms in total. The molecule has 22 heavy (non-hydrogen) atoms. The minimum Gasteiger partial charge on any atom is -0.382 e. The molecule has 4 heterocycles. The molecule has 0 aromatic carbocycles. The fourth-order valence-electron chi connectivity index (χ4n) is 3.13. The quantitative estimate of drug-likeness (QED) is 0.905. The second-order valence-electron chi connectivity index (χ2n) is 5.84. The number of hydrogen-bond acceptors (Lipinski definition) is 6. The van der Waals surface area contributed by atoms with Gasteiger partial charge in [0.15, 0.2) is 0 Å². The van der Waals surface area contributed by atoms with Crippen LogP contribution in [0.4, 0.5) is 11.8 Å². The summed E-state index contributed by atoms with van der Waals surface area (Å²) in [4.78, 5) is 11.3. The lowest BCUT2D eigenvalue weighted by molar-refractivity contribution is 0.0123. The lowest BCUT2D eigenvalue weighted by Gasteiger charge is -2.28. The van der Waals surface area contributed by atoms with Crippen molar-refractivity contribution >= 4 is 11.8 Å². The topological polar surface area (TPSA) is 82.1 Å². The van der Waals surface area contributed by atoms with Gasteiger partial charge in [-0.15, -0.1) is 0 Å². The normalized spacial score (nSPS) is 21.6. The maximum atomic E-state index is 5.83. The Bertz CT molecular complexity index is 664. The highest BCUT2D eigenvalue weighted by molar-refractivity contribution is 5.37. The SMILES string of the molecule is Nc1cc2n(n1)CCN(c1nccc(C3CCCCO3)n1)C2. The van der Waals surface area contributed by atoms with Crippen LogP contribution in [0.5, 0.6) is 0 Å². The first-order chi connectivity index (χ1) is 10.8. The van der Waals surface area contributed by atoms with E-state index in [9.17, 15) is 0 Å². The molecule has 2 aliphatic rings. The molecule has 2 N–H and O–H groups in total. The number of nitrogens with zero attached hydrogens (tertiary/aromatic N) is 5. The number of ether oxygens (including phenoxy) is 1. The first kappa shape index (κ1) is 13.5. The van der Waals surface area contributed by atoms with E-state index in [2.05, 4.69) is 15.0 Å². The Hall–Kier alpha value is -2.15. The highest BCUT2D eigenvalue weighted by Gasteiger charge is 2.22. The van der Waals surface area contributed by atoms with E-state index in [4.69, 9.17) is 15.5 Å². The fourth-order valence-corrected chi connectivity index (χ4v) is 3.13. The highest BCUT2D eigenvalue weighted by atomic mass is 16.5. The molecule has 0 spiro atoms. The standard InChI is InChI=1S/C15H20N6O/c16-14-9-11-10-20(6-7-21(11)19-14)15-17-5-4-12(18-15)13-3-1-2-8-22-13/h4-5,9,13H,1-3,6-8,10H2,(H2,16,19). The Morgan fingerprint density at radius 2 is 2.23 bits per heavy atom. The van der Waals surface area contributed by atoms with Crippen LogP contribution in [0.25, 0.3) is 0 Å². The second kappa shape index (κ2) is 5.57. The van der Waals surface area contributed by atoms with Crippen molar-refractivity contribution < 1.29 is 4.74 Å². The first-order valence-corrected chi connectivity index (χ1v) is 7.81. The van der Waals surface area contributed by atoms with E-state index < -0.39 is 0 Å². The average molecular weight is 300 g/mol. The van der Waals surface area contributed by atoms with Crippen LogP contribution in [-0.4, -0.2) is 32.9 Å². The molecular weight excluding hydrogens is 280 g/mol. The van der Waals surface area contributed by atoms with Gasteiger partial charge < -0.3 is 15.4 Å². The zero-order valence-corrected chi connectivity index (χ0v) is 12.5. The number of nitrogen functional groups attached to an aromatic ring is 1. The van der Waals surface area contributed by atoms with Crippen LogP contribution < -0.4 is 10.6 Å². The summed E-state index contributed by atoms with van der Waals surface area (Å²) in [6.45, 7) is 3.20. The van der Waals surface area contributed by atoms with Crippen LogP contribution in [0, 0.1) is 0 Å². The van der Waals surface area contributed by atoms with Gasteiger partial charge in [-0.2, -0.15) is 5.10 Å². The van der Waals surface area contributed by atoms with E-state index in [0.29, 0.717) is 5.82 Å². The molecule has 1 atom stereocenters. The largest absolute Gasteiger partial charge is 0.382 e. The summed E-state index contributed by atoms with van der Waals surface area (Å²) >= 11 is 0. The van der Waals surface area contributed by atoms with Crippen molar-refractivity contribution in [3.8, 4) is 0 Å². The van der Waals surface area contributed by atoms with Gasteiger partial charge in [-0.1, -0.05) is 0 Å². The van der Waals surface area contributed by atoms with Crippen molar-refractivity contribution in [2.75, 3.05) is 23.8 Å². The van der Waals surface area contributed by atoms with Crippen LogP contribution in [0.1, 0.15) is 36.8 Å². The lowest BCUT2D eigenvalue weighted by Crippen LogP contribution is -2.35. The highest BCUT2D eigenvalue weighted by Crippen LogP contribution is 2.27. The lowest BCUT2D eigenvalue weighted by atomic mass is 10.1. The van der Waals surface area contributed by atoms with E-state index in [1.165, 1.54) is 6.42 Å². The molecule has 0 bridgehead atoms. The van der Waals surface area contributed by atoms with E-state index in [0.717, 1.165) is 56.4 Å². The molecule has 7 heteroatoms. The monoisotopic (exact) mass is 300 g/mol. The molecule has 1 unspecified atom stereocenters. The van der Waals surface area contributed by atoms with Gasteiger partial charge in [-0.3, -0.25) is 4.68 Å². The van der Waals surface area contributed by atoms with Gasteiger partial charge in [0.2, 0.25) is 5.95 Å². The van der Waals surface area contributed by atoms with Gasteiger partial charge in [-0.25, -0.2) is 9.97 Å². The predicted octanol–water partition coefficient (Wildman–Crippen LogP) is 1.52. The van der Waals surface area contributed by atoms with Gasteiger partial charge in [0.05, 0.1) is 30.6 Å². The van der Waals surface area contributed by atoms with Crippen LogP contribution in [0.3, 0.4) is 0 Å². The molecule has 0 radical (unpaired) electrons. The fraction of sp³-hybridized carbons (Fsp3) is 0.533. The summed E-state index contributed by atoms with van der Waals surface area (Å²) in [7, 11) is 0. The number of aromatic nitrogens is 4. The molecule has 0 aliphatic carbocycles. The van der Waals surface area contributed by atoms with Gasteiger partial charge in [0.1, 0.15) is 5.82 Å². The van der Waals surface area contributed by atoms with Gasteiger partial charge >= 0.3 is 0 Å². The zero-order chi connectivity index (χ0) is 14.9. The first-order valence-electron chi connectivity index (χ1n) is 7.81. The van der Waals surface area contributed by atoms with Gasteiger partial charge in [0.25, 0.3) is 0 Å². The summed E-state index contributed by atoms with van der Waals surface area (Å²) in [5.41, 5.74) is 7.86. The van der Waals surface area contributed by atoms with Crippen molar-refractivity contribution in [1.29, 1.82) is 0 Å². The molecule has 2 aromatic rings. The number of rotatable bonds is 2. The van der Waals surface area contributed by atoms with Crippen molar-refractivity contribution in [1.82, 2.24) is 19.7 Å². The van der Waals surface area contributed by atoms with Crippen molar-refractivity contribution in [2.24, 2.45) is 0 Å². The Morgan fingerprint density at radius 3 is 3.09 bits per heavy atom. The molecule has 1 saturated heterocycles. The number of nitrogens with two attached hydrogens (primary N) is 1. The van der Waals surface area contributed by atoms with Crippen LogP contribution in [0.15, 0.2) is 18.3 Å². The van der Waals surface area contributed by atoms with Gasteiger partial charge in [0, 0.05) is 25.4 Å². The Morgan fingerprint density at radius 1 is 1.27 bits per heavy atom. The Balaban J connectivity index is 1.55. The summed E-state index contributed by atoms with van der Waals surface area (Å²) in [5, 5.41) is 4.28. The smallest absolute Gasteiger partial charge is 0.226 e. The van der Waals surface area contributed by atoms with Crippen molar-refractivity contribution in [3.05, 3.63) is 29.7 Å². The molecule has 2 aromatic heterocycles. The second-order valence-corrected chi connectivity index (χ2v) is 5.84. The van der Waals surface area contributed by atoms with Crippen LogP contribution >= 0.6 is 0 Å². The molecule has 4 rings (SSSR count). The zero-order valence-electron chi connectivity index (χ0n) is 12.5. The summed E-state index contributed by atoms with van der Waals surface area (Å²) in [6, 6.07) is 3.88. The molecule has 0 saturated carbocycles. The molecule has 2 aliphatic heterocycles. The maximum absolute atomic E-state index is 5.83. The van der Waals surface area contributed by atoms with Crippen molar-refractivity contribution in [2.45, 2.75) is 38.5 Å². The van der Waals surface area contributed by atoms with Crippen LogP contribution in [0.2, 0.25) is 0 Å². The third-order valence-corrected chi connectivity index (χ3v) is 4.27. The maximum Gasteiger partial charge on any atom is 0.226 e. The predicted molar refractivity (Wildman–Crippen MR) is 82.3 cm³/mol. The molecule has 1 fully saturated rings. The summed E-state index contributed by atoms with van der Waals surface area (Å²) in [6.07, 6.45) is 5.33. The van der Waals surface area contributed by atoms with Crippen LogP contribution in [-0.2, 0) is 17.8 Å². The van der Waals surface area contributed by atoms with E-state index in [1.807, 2.05) is 23.0 Å². The van der Waals surface area contributed by atoms with Gasteiger partial charge in [-0.05, 0) is 25.3 Å². The summed E-state index contributed by atoms with van der Waals surface area (Å²) < 4.78 is 7.78. The number of anilines is 2. The minimum absolute atomic E-state index is 0.112. The Kier molecular flexibility index (Phi) is 3.42. The molecule has 0 amide bonds. The average Bonchev–Trinajstić information content (AvgIpc) is 2.95. The Labute approximate surface area is 129 Å². The third kappa shape index (κ3) is 2.52. The molecule has 116 valence electrons. The number of fused-ring (bicyclic) bond motifs is 1. The number of hydrogen-bond donors (Lipinski definition) is 1. The molecular formula is C15H20N6O. The van der Waals surface area contributed by atoms with E-state index in [-0.39, 0.29) is 6.10 Å².